The molecule has 0 aliphatic carbocycles. The summed E-state index contributed by atoms with van der Waals surface area (Å²) in [6, 6.07) is 10.6. The molecule has 0 bridgehead atoms. The molecule has 0 unspecified atom stereocenters. The summed E-state index contributed by atoms with van der Waals surface area (Å²) in [7, 11) is 1.24. The molecule has 4 heteroatoms. The number of carbonyl (C=O) groups excluding carboxylic acids is 1. The van der Waals surface area contributed by atoms with Gasteiger partial charge < -0.3 is 10.1 Å². The molecule has 3 rings (SSSR count). The summed E-state index contributed by atoms with van der Waals surface area (Å²) in [5.41, 5.74) is 4.03. The van der Waals surface area contributed by atoms with Crippen LogP contribution in [0.15, 0.2) is 36.4 Å². The highest BCUT2D eigenvalue weighted by Gasteiger charge is 2.14. The Kier molecular flexibility index (Phi) is 3.14. The number of halogens is 1. The maximum atomic E-state index is 13.9. The highest BCUT2D eigenvalue weighted by molar-refractivity contribution is 5.90. The lowest BCUT2D eigenvalue weighted by atomic mass is 10.0. The van der Waals surface area contributed by atoms with E-state index in [0.717, 1.165) is 29.8 Å². The number of anilines is 1. The van der Waals surface area contributed by atoms with E-state index in [1.807, 2.05) is 12.1 Å². The van der Waals surface area contributed by atoms with Crippen LogP contribution in [0.25, 0.3) is 11.1 Å². The van der Waals surface area contributed by atoms with Crippen molar-refractivity contribution in [2.45, 2.75) is 6.42 Å². The number of rotatable bonds is 2. The van der Waals surface area contributed by atoms with Crippen molar-refractivity contribution in [3.8, 4) is 11.1 Å². The van der Waals surface area contributed by atoms with Gasteiger partial charge in [0.25, 0.3) is 0 Å². The molecule has 3 nitrogen and oxygen atoms in total. The van der Waals surface area contributed by atoms with Gasteiger partial charge in [-0.25, -0.2) is 9.18 Å². The first kappa shape index (κ1) is 12.7. The quantitative estimate of drug-likeness (QED) is 0.852. The zero-order valence-electron chi connectivity index (χ0n) is 11.1. The van der Waals surface area contributed by atoms with E-state index in [4.69, 9.17) is 0 Å². The van der Waals surface area contributed by atoms with E-state index in [1.54, 1.807) is 6.07 Å². The highest BCUT2D eigenvalue weighted by Crippen LogP contribution is 2.29. The molecule has 1 heterocycles. The summed E-state index contributed by atoms with van der Waals surface area (Å²) in [6.07, 6.45) is 0.978. The van der Waals surface area contributed by atoms with Gasteiger partial charge in [-0.3, -0.25) is 0 Å². The molecule has 0 spiro atoms. The molecule has 102 valence electrons. The Balaban J connectivity index is 1.99. The molecule has 2 aromatic rings. The second-order valence-electron chi connectivity index (χ2n) is 4.73. The minimum Gasteiger partial charge on any atom is -0.465 e. The number of methoxy groups -OCH3 is 1. The Morgan fingerprint density at radius 3 is 2.70 bits per heavy atom. The molecule has 0 atom stereocenters. The predicted molar refractivity (Wildman–Crippen MR) is 75.4 cm³/mol. The van der Waals surface area contributed by atoms with Gasteiger partial charge in [0.15, 0.2) is 0 Å². The smallest absolute Gasteiger partial charge is 0.340 e. The van der Waals surface area contributed by atoms with Crippen LogP contribution < -0.4 is 5.32 Å². The maximum Gasteiger partial charge on any atom is 0.340 e. The third kappa shape index (κ3) is 2.13. The topological polar surface area (TPSA) is 38.3 Å². The van der Waals surface area contributed by atoms with Crippen LogP contribution in [0.4, 0.5) is 10.1 Å². The monoisotopic (exact) mass is 271 g/mol. The summed E-state index contributed by atoms with van der Waals surface area (Å²) in [6.45, 7) is 0.939. The lowest BCUT2D eigenvalue weighted by Gasteiger charge is -2.07. The van der Waals surface area contributed by atoms with Crippen molar-refractivity contribution in [1.82, 2.24) is 0 Å². The lowest BCUT2D eigenvalue weighted by Crippen LogP contribution is -2.04. The SMILES string of the molecule is COC(=O)c1ccc(-c2ccc3c(c2)CCN3)cc1F. The van der Waals surface area contributed by atoms with Gasteiger partial charge >= 0.3 is 5.97 Å². The fourth-order valence-corrected chi connectivity index (χ4v) is 2.45. The Bertz CT molecular complexity index is 682. The Morgan fingerprint density at radius 2 is 1.95 bits per heavy atom. The maximum absolute atomic E-state index is 13.9. The summed E-state index contributed by atoms with van der Waals surface area (Å²) >= 11 is 0. The second-order valence-corrected chi connectivity index (χ2v) is 4.73. The first-order valence-electron chi connectivity index (χ1n) is 6.44. The van der Waals surface area contributed by atoms with Crippen molar-refractivity contribution in [1.29, 1.82) is 0 Å². The van der Waals surface area contributed by atoms with E-state index in [0.29, 0.717) is 0 Å². The van der Waals surface area contributed by atoms with Crippen LogP contribution in [0.1, 0.15) is 15.9 Å². The molecule has 0 aromatic heterocycles. The van der Waals surface area contributed by atoms with E-state index < -0.39 is 11.8 Å². The number of fused-ring (bicyclic) bond motifs is 1. The number of hydrogen-bond acceptors (Lipinski definition) is 3. The minimum absolute atomic E-state index is 0.0425. The molecule has 0 saturated carbocycles. The van der Waals surface area contributed by atoms with Gasteiger partial charge in [0, 0.05) is 12.2 Å². The Morgan fingerprint density at radius 1 is 1.20 bits per heavy atom. The van der Waals surface area contributed by atoms with Crippen molar-refractivity contribution >= 4 is 11.7 Å². The molecular formula is C16H14FNO2. The predicted octanol–water partition coefficient (Wildman–Crippen LogP) is 3.25. The summed E-state index contributed by atoms with van der Waals surface area (Å²) in [5, 5.41) is 3.29. The number of hydrogen-bond donors (Lipinski definition) is 1. The number of carbonyl (C=O) groups is 1. The van der Waals surface area contributed by atoms with Gasteiger partial charge in [-0.15, -0.1) is 0 Å². The zero-order valence-corrected chi connectivity index (χ0v) is 11.1. The zero-order chi connectivity index (χ0) is 14.1. The molecule has 2 aromatic carbocycles. The molecular weight excluding hydrogens is 257 g/mol. The number of nitrogens with one attached hydrogen (secondary N) is 1. The van der Waals surface area contributed by atoms with Gasteiger partial charge in [0.2, 0.25) is 0 Å². The van der Waals surface area contributed by atoms with Crippen LogP contribution >= 0.6 is 0 Å². The molecule has 1 N–H and O–H groups in total. The molecule has 0 fully saturated rings. The van der Waals surface area contributed by atoms with E-state index in [9.17, 15) is 9.18 Å². The largest absolute Gasteiger partial charge is 0.465 e. The molecule has 20 heavy (non-hydrogen) atoms. The molecule has 0 amide bonds. The van der Waals surface area contributed by atoms with Gasteiger partial charge in [0.05, 0.1) is 12.7 Å². The summed E-state index contributed by atoms with van der Waals surface area (Å²) in [4.78, 5) is 11.4. The molecule has 0 saturated heterocycles. The second kappa shape index (κ2) is 4.96. The van der Waals surface area contributed by atoms with Crippen molar-refractivity contribution in [2.75, 3.05) is 19.0 Å². The van der Waals surface area contributed by atoms with Crippen LogP contribution in [0.5, 0.6) is 0 Å². The van der Waals surface area contributed by atoms with Gasteiger partial charge in [-0.05, 0) is 47.4 Å². The van der Waals surface area contributed by atoms with Crippen molar-refractivity contribution in [3.63, 3.8) is 0 Å². The summed E-state index contributed by atoms with van der Waals surface area (Å²) < 4.78 is 18.5. The van der Waals surface area contributed by atoms with Crippen LogP contribution in [0.3, 0.4) is 0 Å². The molecule has 0 radical (unpaired) electrons. The fourth-order valence-electron chi connectivity index (χ4n) is 2.45. The van der Waals surface area contributed by atoms with Crippen LogP contribution in [0.2, 0.25) is 0 Å². The number of benzene rings is 2. The third-order valence-corrected chi connectivity index (χ3v) is 3.52. The van der Waals surface area contributed by atoms with E-state index >= 15 is 0 Å². The Hall–Kier alpha value is -2.36. The Labute approximate surface area is 116 Å². The van der Waals surface area contributed by atoms with E-state index in [2.05, 4.69) is 16.1 Å². The molecule has 1 aliphatic heterocycles. The van der Waals surface area contributed by atoms with Crippen molar-refractivity contribution < 1.29 is 13.9 Å². The standard InChI is InChI=1S/C16H14FNO2/c1-20-16(19)13-4-2-11(9-14(13)17)10-3-5-15-12(8-10)6-7-18-15/h2-5,8-9,18H,6-7H2,1H3. The first-order chi connectivity index (χ1) is 9.69. The van der Waals surface area contributed by atoms with Crippen molar-refractivity contribution in [3.05, 3.63) is 53.3 Å². The number of esters is 1. The normalized spacial score (nSPS) is 12.7. The average molecular weight is 271 g/mol. The lowest BCUT2D eigenvalue weighted by molar-refractivity contribution is 0.0595. The van der Waals surface area contributed by atoms with Gasteiger partial charge in [-0.2, -0.15) is 0 Å². The highest BCUT2D eigenvalue weighted by atomic mass is 19.1. The first-order valence-corrected chi connectivity index (χ1v) is 6.44. The van der Waals surface area contributed by atoms with Crippen molar-refractivity contribution in [2.24, 2.45) is 0 Å². The average Bonchev–Trinajstić information content (AvgIpc) is 2.93. The fraction of sp³-hybridized carbons (Fsp3) is 0.188. The molecule has 1 aliphatic rings. The number of ether oxygens (including phenoxy) is 1. The van der Waals surface area contributed by atoms with E-state index in [-0.39, 0.29) is 5.56 Å². The minimum atomic E-state index is -0.660. The van der Waals surface area contributed by atoms with Gasteiger partial charge in [0.1, 0.15) is 5.82 Å². The van der Waals surface area contributed by atoms with Gasteiger partial charge in [-0.1, -0.05) is 12.1 Å². The van der Waals surface area contributed by atoms with Crippen LogP contribution in [-0.4, -0.2) is 19.6 Å². The van der Waals surface area contributed by atoms with Crippen LogP contribution in [0, 0.1) is 5.82 Å². The summed E-state index contributed by atoms with van der Waals surface area (Å²) in [5.74, 6) is -1.22. The van der Waals surface area contributed by atoms with Crippen LogP contribution in [-0.2, 0) is 11.2 Å². The van der Waals surface area contributed by atoms with E-state index in [1.165, 1.54) is 24.8 Å². The third-order valence-electron chi connectivity index (χ3n) is 3.52.